The summed E-state index contributed by atoms with van der Waals surface area (Å²) in [6.07, 6.45) is 0.851. The summed E-state index contributed by atoms with van der Waals surface area (Å²) in [6, 6.07) is 7.94. The molecule has 0 aliphatic carbocycles. The number of hydrogen-bond acceptors (Lipinski definition) is 5. The zero-order chi connectivity index (χ0) is 18.2. The van der Waals surface area contributed by atoms with Crippen LogP contribution in [0.25, 0.3) is 11.4 Å². The van der Waals surface area contributed by atoms with Gasteiger partial charge in [-0.05, 0) is 23.1 Å². The van der Waals surface area contributed by atoms with Crippen LogP contribution in [0.4, 0.5) is 0 Å². The van der Waals surface area contributed by atoms with Crippen molar-refractivity contribution in [2.45, 2.75) is 39.7 Å². The topological polar surface area (TPSA) is 102 Å². The van der Waals surface area contributed by atoms with Crippen molar-refractivity contribution in [3.8, 4) is 11.4 Å². The van der Waals surface area contributed by atoms with E-state index in [9.17, 15) is 9.59 Å². The van der Waals surface area contributed by atoms with Crippen molar-refractivity contribution in [1.29, 1.82) is 0 Å². The van der Waals surface area contributed by atoms with Gasteiger partial charge in [-0.25, -0.2) is 0 Å². The van der Waals surface area contributed by atoms with E-state index in [2.05, 4.69) is 39.9 Å². The van der Waals surface area contributed by atoms with E-state index in [0.29, 0.717) is 18.3 Å². The molecule has 0 bridgehead atoms. The summed E-state index contributed by atoms with van der Waals surface area (Å²) >= 11 is 0. The first-order valence-electron chi connectivity index (χ1n) is 8.41. The third kappa shape index (κ3) is 5.66. The van der Waals surface area contributed by atoms with Crippen LogP contribution in [0.3, 0.4) is 0 Å². The summed E-state index contributed by atoms with van der Waals surface area (Å²) in [4.78, 5) is 24.5. The van der Waals surface area contributed by atoms with Gasteiger partial charge in [-0.2, -0.15) is 4.80 Å². The smallest absolute Gasteiger partial charge is 0.244 e. The molecule has 0 radical (unpaired) electrons. The Morgan fingerprint density at radius 3 is 2.48 bits per heavy atom. The van der Waals surface area contributed by atoms with Gasteiger partial charge in [-0.3, -0.25) is 9.59 Å². The number of rotatable bonds is 8. The van der Waals surface area contributed by atoms with Crippen molar-refractivity contribution in [2.75, 3.05) is 13.1 Å². The normalized spacial score (nSPS) is 10.7. The Kier molecular flexibility index (Phi) is 6.62. The van der Waals surface area contributed by atoms with Crippen LogP contribution in [0.1, 0.15) is 38.7 Å². The molecular formula is C17H24N6O2. The Hall–Kier alpha value is -2.77. The van der Waals surface area contributed by atoms with Gasteiger partial charge in [0.1, 0.15) is 6.54 Å². The number of nitrogens with zero attached hydrogens (tertiary/aromatic N) is 4. The molecule has 8 heteroatoms. The fourth-order valence-electron chi connectivity index (χ4n) is 2.13. The van der Waals surface area contributed by atoms with Crippen molar-refractivity contribution in [3.05, 3.63) is 29.8 Å². The summed E-state index contributed by atoms with van der Waals surface area (Å²) in [7, 11) is 0. The van der Waals surface area contributed by atoms with E-state index in [-0.39, 0.29) is 24.9 Å². The largest absolute Gasteiger partial charge is 0.355 e. The number of hydrogen-bond donors (Lipinski definition) is 2. The molecule has 8 nitrogen and oxygen atoms in total. The van der Waals surface area contributed by atoms with Gasteiger partial charge in [-0.15, -0.1) is 10.2 Å². The summed E-state index contributed by atoms with van der Waals surface area (Å²) in [5.74, 6) is 0.359. The second-order valence-electron chi connectivity index (χ2n) is 6.05. The molecule has 0 fully saturated rings. The number of amides is 2. The lowest BCUT2D eigenvalue weighted by Crippen LogP contribution is -2.38. The molecule has 0 saturated heterocycles. The van der Waals surface area contributed by atoms with E-state index in [1.54, 1.807) is 0 Å². The maximum absolute atomic E-state index is 11.8. The van der Waals surface area contributed by atoms with E-state index in [1.165, 1.54) is 10.4 Å². The van der Waals surface area contributed by atoms with Gasteiger partial charge in [0, 0.05) is 12.1 Å². The molecule has 0 saturated carbocycles. The maximum atomic E-state index is 11.8. The molecule has 0 unspecified atom stereocenters. The third-order valence-corrected chi connectivity index (χ3v) is 3.59. The molecule has 134 valence electrons. The van der Waals surface area contributed by atoms with E-state index in [4.69, 9.17) is 0 Å². The molecule has 25 heavy (non-hydrogen) atoms. The van der Waals surface area contributed by atoms with Crippen molar-refractivity contribution in [2.24, 2.45) is 0 Å². The van der Waals surface area contributed by atoms with E-state index >= 15 is 0 Å². The number of carbonyl (C=O) groups excluding carboxylic acids is 2. The van der Waals surface area contributed by atoms with Gasteiger partial charge in [-0.1, -0.05) is 45.0 Å². The van der Waals surface area contributed by atoms with Crippen molar-refractivity contribution in [3.63, 3.8) is 0 Å². The van der Waals surface area contributed by atoms with Crippen LogP contribution in [0, 0.1) is 0 Å². The molecule has 0 aliphatic heterocycles. The predicted octanol–water partition coefficient (Wildman–Crippen LogP) is 1.11. The molecular weight excluding hydrogens is 320 g/mol. The maximum Gasteiger partial charge on any atom is 0.244 e. The molecule has 0 aliphatic rings. The van der Waals surface area contributed by atoms with Crippen LogP contribution in [0.15, 0.2) is 24.3 Å². The van der Waals surface area contributed by atoms with E-state index in [1.807, 2.05) is 31.2 Å². The molecule has 2 rings (SSSR count). The SMILES string of the molecule is CCCNC(=O)CNC(=O)Cn1nnc(-c2ccc(C(C)C)cc2)n1. The molecule has 0 atom stereocenters. The highest BCUT2D eigenvalue weighted by molar-refractivity contribution is 5.84. The van der Waals surface area contributed by atoms with E-state index < -0.39 is 0 Å². The Morgan fingerprint density at radius 2 is 1.84 bits per heavy atom. The average molecular weight is 344 g/mol. The van der Waals surface area contributed by atoms with E-state index in [0.717, 1.165) is 12.0 Å². The Balaban J connectivity index is 1.88. The Labute approximate surface area is 147 Å². The standard InChI is InChI=1S/C17H24N6O2/c1-4-9-18-15(24)10-19-16(25)11-23-21-17(20-22-23)14-7-5-13(6-8-14)12(2)3/h5-8,12H,4,9-11H2,1-3H3,(H,18,24)(H,19,25). The number of nitrogens with one attached hydrogen (secondary N) is 2. The molecule has 2 N–H and O–H groups in total. The first kappa shape index (κ1) is 18.6. The highest BCUT2D eigenvalue weighted by Crippen LogP contribution is 2.19. The lowest BCUT2D eigenvalue weighted by atomic mass is 10.0. The van der Waals surface area contributed by atoms with Gasteiger partial charge in [0.15, 0.2) is 0 Å². The van der Waals surface area contributed by atoms with Gasteiger partial charge in [0.05, 0.1) is 6.54 Å². The fraction of sp³-hybridized carbons (Fsp3) is 0.471. The van der Waals surface area contributed by atoms with Gasteiger partial charge in [0.2, 0.25) is 17.6 Å². The van der Waals surface area contributed by atoms with Crippen LogP contribution in [-0.4, -0.2) is 45.1 Å². The second-order valence-corrected chi connectivity index (χ2v) is 6.05. The zero-order valence-corrected chi connectivity index (χ0v) is 14.8. The minimum Gasteiger partial charge on any atom is -0.355 e. The number of tetrazole rings is 1. The summed E-state index contributed by atoms with van der Waals surface area (Å²) in [5.41, 5.74) is 2.08. The zero-order valence-electron chi connectivity index (χ0n) is 14.8. The monoisotopic (exact) mass is 344 g/mol. The Morgan fingerprint density at radius 1 is 1.12 bits per heavy atom. The molecule has 1 heterocycles. The first-order valence-corrected chi connectivity index (χ1v) is 8.41. The number of aromatic nitrogens is 4. The van der Waals surface area contributed by atoms with Crippen LogP contribution >= 0.6 is 0 Å². The lowest BCUT2D eigenvalue weighted by molar-refractivity contribution is -0.126. The summed E-state index contributed by atoms with van der Waals surface area (Å²) in [5, 5.41) is 17.3. The highest BCUT2D eigenvalue weighted by atomic mass is 16.2. The van der Waals surface area contributed by atoms with Crippen molar-refractivity contribution >= 4 is 11.8 Å². The summed E-state index contributed by atoms with van der Waals surface area (Å²) in [6.45, 7) is 6.67. The molecule has 2 aromatic rings. The lowest BCUT2D eigenvalue weighted by Gasteiger charge is -2.05. The number of carbonyl (C=O) groups is 2. The molecule has 2 amide bonds. The van der Waals surface area contributed by atoms with Gasteiger partial charge < -0.3 is 10.6 Å². The van der Waals surface area contributed by atoms with Crippen molar-refractivity contribution in [1.82, 2.24) is 30.8 Å². The number of benzene rings is 1. The molecule has 1 aromatic carbocycles. The first-order chi connectivity index (χ1) is 12.0. The third-order valence-electron chi connectivity index (χ3n) is 3.59. The van der Waals surface area contributed by atoms with Crippen LogP contribution in [0.5, 0.6) is 0 Å². The van der Waals surface area contributed by atoms with Crippen LogP contribution in [-0.2, 0) is 16.1 Å². The average Bonchev–Trinajstić information content (AvgIpc) is 3.06. The fourth-order valence-corrected chi connectivity index (χ4v) is 2.13. The highest BCUT2D eigenvalue weighted by Gasteiger charge is 2.10. The van der Waals surface area contributed by atoms with Crippen LogP contribution in [0.2, 0.25) is 0 Å². The second kappa shape index (κ2) is 8.91. The van der Waals surface area contributed by atoms with Gasteiger partial charge >= 0.3 is 0 Å². The van der Waals surface area contributed by atoms with Crippen LogP contribution < -0.4 is 10.6 Å². The van der Waals surface area contributed by atoms with Crippen molar-refractivity contribution < 1.29 is 9.59 Å². The Bertz CT molecular complexity index is 708. The minimum atomic E-state index is -0.342. The predicted molar refractivity (Wildman–Crippen MR) is 93.7 cm³/mol. The minimum absolute atomic E-state index is 0.0585. The molecule has 0 spiro atoms. The quantitative estimate of drug-likeness (QED) is 0.747. The summed E-state index contributed by atoms with van der Waals surface area (Å²) < 4.78 is 0. The van der Waals surface area contributed by atoms with Gasteiger partial charge in [0.25, 0.3) is 0 Å². The molecule has 1 aromatic heterocycles.